The number of ether oxygens (including phenoxy) is 2. The van der Waals surface area contributed by atoms with Crippen molar-refractivity contribution in [2.24, 2.45) is 11.7 Å². The van der Waals surface area contributed by atoms with Gasteiger partial charge in [-0.2, -0.15) is 0 Å². The number of fused-ring (bicyclic) bond motifs is 1. The number of aliphatic hydroxyl groups excluding tert-OH is 1. The first-order valence-corrected chi connectivity index (χ1v) is 18.0. The number of carbonyl (C=O) groups is 5. The second kappa shape index (κ2) is 20.4. The zero-order valence-corrected chi connectivity index (χ0v) is 31.4. The maximum Gasteiger partial charge on any atom is 0.407 e. The maximum absolute atomic E-state index is 13.8. The first kappa shape index (κ1) is 41.7. The van der Waals surface area contributed by atoms with Crippen LogP contribution in [-0.2, 0) is 25.7 Å². The summed E-state index contributed by atoms with van der Waals surface area (Å²) in [7, 11) is 1.56. The van der Waals surface area contributed by atoms with E-state index in [1.165, 1.54) is 6.07 Å². The highest BCUT2D eigenvalue weighted by atomic mass is 16.5. The number of rotatable bonds is 19. The summed E-state index contributed by atoms with van der Waals surface area (Å²) in [5.41, 5.74) is 10.3. The second-order valence-electron chi connectivity index (χ2n) is 13.2. The number of amides is 5. The van der Waals surface area contributed by atoms with Crippen LogP contribution >= 0.6 is 0 Å². The molecule has 4 unspecified atom stereocenters. The van der Waals surface area contributed by atoms with E-state index in [1.807, 2.05) is 24.3 Å². The van der Waals surface area contributed by atoms with Crippen LogP contribution in [0.15, 0.2) is 91.0 Å². The lowest BCUT2D eigenvalue weighted by atomic mass is 9.98. The molecule has 55 heavy (non-hydrogen) atoms. The topological polar surface area (TPSA) is 214 Å². The Morgan fingerprint density at radius 1 is 0.855 bits per heavy atom. The molecule has 0 radical (unpaired) electrons. The van der Waals surface area contributed by atoms with Gasteiger partial charge in [-0.25, -0.2) is 14.8 Å². The van der Waals surface area contributed by atoms with E-state index in [-0.39, 0.29) is 37.7 Å². The predicted molar refractivity (Wildman–Crippen MR) is 205 cm³/mol. The summed E-state index contributed by atoms with van der Waals surface area (Å²) < 4.78 is 10.3. The lowest BCUT2D eigenvalue weighted by molar-refractivity contribution is -0.129. The van der Waals surface area contributed by atoms with Gasteiger partial charge in [0.25, 0.3) is 11.8 Å². The number of aliphatic hydroxyl groups is 1. The highest BCUT2D eigenvalue weighted by Crippen LogP contribution is 2.21. The summed E-state index contributed by atoms with van der Waals surface area (Å²) in [6.07, 6.45) is -2.44. The third-order valence-electron chi connectivity index (χ3n) is 8.69. The van der Waals surface area contributed by atoms with E-state index < -0.39 is 60.4 Å². The van der Waals surface area contributed by atoms with Crippen LogP contribution in [0.5, 0.6) is 5.75 Å². The van der Waals surface area contributed by atoms with E-state index in [9.17, 15) is 29.1 Å². The highest BCUT2D eigenvalue weighted by molar-refractivity contribution is 5.99. The Morgan fingerprint density at radius 3 is 2.20 bits per heavy atom. The summed E-state index contributed by atoms with van der Waals surface area (Å²) in [6, 6.07) is 23.1. The molecule has 0 aliphatic rings. The Morgan fingerprint density at radius 2 is 1.55 bits per heavy atom. The van der Waals surface area contributed by atoms with Gasteiger partial charge in [0, 0.05) is 18.5 Å². The van der Waals surface area contributed by atoms with Gasteiger partial charge >= 0.3 is 6.09 Å². The van der Waals surface area contributed by atoms with Crippen LogP contribution in [0.3, 0.4) is 0 Å². The van der Waals surface area contributed by atoms with E-state index in [0.29, 0.717) is 16.8 Å². The van der Waals surface area contributed by atoms with Gasteiger partial charge in [-0.05, 0) is 54.7 Å². The van der Waals surface area contributed by atoms with Crippen LogP contribution in [0, 0.1) is 5.92 Å². The number of hydrogen-bond donors (Lipinski definition) is 6. The van der Waals surface area contributed by atoms with Gasteiger partial charge in [-0.1, -0.05) is 80.6 Å². The number of primary amides is 1. The Labute approximate surface area is 319 Å². The van der Waals surface area contributed by atoms with Crippen molar-refractivity contribution in [3.05, 3.63) is 108 Å². The molecule has 0 spiro atoms. The first-order valence-electron chi connectivity index (χ1n) is 18.0. The Balaban J connectivity index is 1.54. The summed E-state index contributed by atoms with van der Waals surface area (Å²) in [5.74, 6) is -2.41. The van der Waals surface area contributed by atoms with Crippen molar-refractivity contribution in [2.45, 2.75) is 64.4 Å². The van der Waals surface area contributed by atoms with Crippen molar-refractivity contribution in [1.29, 1.82) is 0 Å². The molecule has 0 aliphatic carbocycles. The van der Waals surface area contributed by atoms with Crippen molar-refractivity contribution in [2.75, 3.05) is 20.3 Å². The molecule has 15 nitrogen and oxygen atoms in total. The van der Waals surface area contributed by atoms with Gasteiger partial charge in [-0.3, -0.25) is 24.6 Å². The molecule has 5 amide bonds. The van der Waals surface area contributed by atoms with Crippen LogP contribution in [0.4, 0.5) is 4.79 Å². The van der Waals surface area contributed by atoms with E-state index in [2.05, 4.69) is 26.4 Å². The number of hydrogen-bond acceptors (Lipinski definition) is 10. The standard InChI is InChI=1S/C40H49N7O8/c1-5-55-40(53)45-35(25(2)3)39(52)46-47(24-26-15-18-29(54-4)19-16-26)22-21-33(48)36(28-12-7-6-8-13-28)44-38(51)32(23-34(41)49)43-37(50)31-20-17-27-11-9-10-14-30(27)42-31/h6-20,25,32-33,35-36,48H,5,21-24H2,1-4H3,(H2,41,49)(H,43,50)(H,44,51)(H,45,53)(H,46,52). The van der Waals surface area contributed by atoms with Gasteiger partial charge in [0.1, 0.15) is 23.5 Å². The fourth-order valence-electron chi connectivity index (χ4n) is 5.79. The van der Waals surface area contributed by atoms with Crippen molar-refractivity contribution in [1.82, 2.24) is 31.4 Å². The van der Waals surface area contributed by atoms with E-state index in [1.54, 1.807) is 93.6 Å². The Hall–Kier alpha value is -6.06. The molecule has 1 heterocycles. The maximum atomic E-state index is 13.8. The molecule has 7 N–H and O–H groups in total. The quantitative estimate of drug-likeness (QED) is 0.0770. The molecule has 3 aromatic carbocycles. The molecule has 0 bridgehead atoms. The minimum atomic E-state index is -1.39. The van der Waals surface area contributed by atoms with E-state index in [4.69, 9.17) is 15.2 Å². The summed E-state index contributed by atoms with van der Waals surface area (Å²) >= 11 is 0. The van der Waals surface area contributed by atoms with Crippen molar-refractivity contribution in [3.8, 4) is 5.75 Å². The number of para-hydroxylation sites is 1. The van der Waals surface area contributed by atoms with Gasteiger partial charge in [0.05, 0.1) is 37.8 Å². The zero-order chi connectivity index (χ0) is 39.9. The van der Waals surface area contributed by atoms with Crippen LogP contribution in [0.25, 0.3) is 10.9 Å². The van der Waals surface area contributed by atoms with Crippen LogP contribution in [0.1, 0.15) is 61.3 Å². The molecular weight excluding hydrogens is 706 g/mol. The molecular formula is C40H49N7O8. The fourth-order valence-corrected chi connectivity index (χ4v) is 5.79. The van der Waals surface area contributed by atoms with Gasteiger partial charge in [0.2, 0.25) is 11.8 Å². The number of nitrogens with one attached hydrogen (secondary N) is 4. The van der Waals surface area contributed by atoms with Crippen molar-refractivity contribution >= 4 is 40.6 Å². The molecule has 0 fully saturated rings. The summed E-state index contributed by atoms with van der Waals surface area (Å²) in [4.78, 5) is 69.3. The molecule has 4 rings (SSSR count). The molecule has 4 atom stereocenters. The molecule has 0 aliphatic heterocycles. The summed E-state index contributed by atoms with van der Waals surface area (Å²) in [5, 5.41) is 22.1. The van der Waals surface area contributed by atoms with Gasteiger partial charge in [-0.15, -0.1) is 0 Å². The molecule has 4 aromatic rings. The lowest BCUT2D eigenvalue weighted by Gasteiger charge is -2.31. The number of nitrogens with two attached hydrogens (primary N) is 1. The molecule has 1 aromatic heterocycles. The van der Waals surface area contributed by atoms with E-state index in [0.717, 1.165) is 10.9 Å². The molecule has 0 saturated carbocycles. The smallest absolute Gasteiger partial charge is 0.407 e. The average molecular weight is 756 g/mol. The number of benzene rings is 3. The number of alkyl carbamates (subject to hydrolysis) is 1. The normalized spacial score (nSPS) is 13.3. The zero-order valence-electron chi connectivity index (χ0n) is 31.4. The monoisotopic (exact) mass is 755 g/mol. The third-order valence-corrected chi connectivity index (χ3v) is 8.69. The Kier molecular flexibility index (Phi) is 15.5. The SMILES string of the molecule is CCOC(=O)NC(C(=O)NN(CCC(O)C(NC(=O)C(CC(N)=O)NC(=O)c1ccc2ccccc2n1)c1ccccc1)Cc1ccc(OC)cc1)C(C)C. The molecule has 292 valence electrons. The van der Waals surface area contributed by atoms with Crippen molar-refractivity contribution in [3.63, 3.8) is 0 Å². The lowest BCUT2D eigenvalue weighted by Crippen LogP contribution is -2.55. The number of aromatic nitrogens is 1. The predicted octanol–water partition coefficient (Wildman–Crippen LogP) is 3.13. The fraction of sp³-hybridized carbons (Fsp3) is 0.350. The molecule has 0 saturated heterocycles. The average Bonchev–Trinajstić information content (AvgIpc) is 3.17. The van der Waals surface area contributed by atoms with Crippen molar-refractivity contribution < 1.29 is 38.6 Å². The highest BCUT2D eigenvalue weighted by Gasteiger charge is 2.31. The largest absolute Gasteiger partial charge is 0.497 e. The molecule has 15 heteroatoms. The minimum absolute atomic E-state index is 0.0295. The van der Waals surface area contributed by atoms with Crippen LogP contribution in [-0.4, -0.2) is 83.3 Å². The number of carbonyl (C=O) groups excluding carboxylic acids is 5. The minimum Gasteiger partial charge on any atom is -0.497 e. The number of nitrogens with zero attached hydrogens (tertiary/aromatic N) is 2. The second-order valence-corrected chi connectivity index (χ2v) is 13.2. The van der Waals surface area contributed by atoms with Gasteiger partial charge < -0.3 is 36.3 Å². The Bertz CT molecular complexity index is 1910. The number of methoxy groups -OCH3 is 1. The van der Waals surface area contributed by atoms with Crippen LogP contribution < -0.4 is 31.8 Å². The van der Waals surface area contributed by atoms with Crippen LogP contribution in [0.2, 0.25) is 0 Å². The van der Waals surface area contributed by atoms with Gasteiger partial charge in [0.15, 0.2) is 0 Å². The first-order chi connectivity index (χ1) is 26.4. The third kappa shape index (κ3) is 12.5. The van der Waals surface area contributed by atoms with E-state index >= 15 is 0 Å². The number of pyridine rings is 1. The summed E-state index contributed by atoms with van der Waals surface area (Å²) in [6.45, 7) is 5.67. The number of hydrazine groups is 1.